The van der Waals surface area contributed by atoms with Crippen molar-refractivity contribution in [3.05, 3.63) is 71.8 Å². The monoisotopic (exact) mass is 334 g/mol. The number of quaternary nitrogens is 1. The Morgan fingerprint density at radius 2 is 1.48 bits per heavy atom. The highest BCUT2D eigenvalue weighted by Gasteiger charge is 2.69. The van der Waals surface area contributed by atoms with Gasteiger partial charge < -0.3 is 5.11 Å². The Labute approximate surface area is 139 Å². The Hall–Kier alpha value is -1.91. The zero-order valence-electron chi connectivity index (χ0n) is 12.5. The molecule has 1 fully saturated rings. The predicted octanol–water partition coefficient (Wildman–Crippen LogP) is 4.56. The molecule has 1 amide bonds. The van der Waals surface area contributed by atoms with Crippen LogP contribution in [0.25, 0.3) is 0 Å². The van der Waals surface area contributed by atoms with Gasteiger partial charge in [-0.1, -0.05) is 72.3 Å². The van der Waals surface area contributed by atoms with Crippen molar-refractivity contribution in [1.29, 1.82) is 0 Å². The molecule has 120 valence electrons. The predicted molar refractivity (Wildman–Crippen MR) is 86.7 cm³/mol. The van der Waals surface area contributed by atoms with Crippen LogP contribution in [0.5, 0.6) is 0 Å². The lowest BCUT2D eigenvalue weighted by Crippen LogP contribution is -2.54. The fraction of sp³-hybridized carbons (Fsp3) is 0.278. The molecule has 0 radical (unpaired) electrons. The van der Waals surface area contributed by atoms with Crippen LogP contribution >= 0.6 is 11.6 Å². The summed E-state index contributed by atoms with van der Waals surface area (Å²) in [7, 11) is 0. The lowest BCUT2D eigenvalue weighted by Gasteiger charge is -2.33. The first-order valence-corrected chi connectivity index (χ1v) is 7.88. The average Bonchev–Trinajstić information content (AvgIpc) is 3.17. The third kappa shape index (κ3) is 3.23. The quantitative estimate of drug-likeness (QED) is 0.643. The third-order valence-electron chi connectivity index (χ3n) is 4.39. The minimum atomic E-state index is -1.94. The standard InChI is InChI=1S/C18H17ClFNO2/c19-18(20)11-16(18)21(17(22)23,12-14-7-3-1-4-8-14)13-15-9-5-2-6-10-15/h1-10,16H,11-13H2/p+1. The van der Waals surface area contributed by atoms with Gasteiger partial charge in [0.2, 0.25) is 5.13 Å². The van der Waals surface area contributed by atoms with Crippen LogP contribution in [0, 0.1) is 0 Å². The van der Waals surface area contributed by atoms with Gasteiger partial charge in [-0.15, -0.1) is 0 Å². The van der Waals surface area contributed by atoms with Gasteiger partial charge in [0.05, 0.1) is 6.42 Å². The van der Waals surface area contributed by atoms with Crippen molar-refractivity contribution in [2.75, 3.05) is 0 Å². The number of alkyl halides is 2. The van der Waals surface area contributed by atoms with Crippen molar-refractivity contribution in [1.82, 2.24) is 0 Å². The Morgan fingerprint density at radius 3 is 1.78 bits per heavy atom. The number of hydrogen-bond acceptors (Lipinski definition) is 1. The molecule has 0 bridgehead atoms. The van der Waals surface area contributed by atoms with E-state index in [0.29, 0.717) is 0 Å². The zero-order chi connectivity index (χ0) is 16.5. The van der Waals surface area contributed by atoms with Crippen molar-refractivity contribution < 1.29 is 18.8 Å². The molecule has 2 atom stereocenters. The number of carbonyl (C=O) groups is 1. The molecule has 1 aliphatic carbocycles. The molecule has 2 unspecified atom stereocenters. The van der Waals surface area contributed by atoms with Gasteiger partial charge in [0, 0.05) is 11.1 Å². The van der Waals surface area contributed by atoms with Crippen LogP contribution in [-0.2, 0) is 13.1 Å². The maximum Gasteiger partial charge on any atom is 0.514 e. The average molecular weight is 335 g/mol. The van der Waals surface area contributed by atoms with E-state index in [2.05, 4.69) is 0 Å². The summed E-state index contributed by atoms with van der Waals surface area (Å²) in [5.74, 6) is 0. The van der Waals surface area contributed by atoms with E-state index in [-0.39, 0.29) is 19.5 Å². The minimum absolute atomic E-state index is 0.0561. The van der Waals surface area contributed by atoms with Crippen LogP contribution in [0.2, 0.25) is 0 Å². The number of amides is 1. The molecule has 0 aliphatic heterocycles. The second kappa shape index (κ2) is 5.95. The molecule has 0 heterocycles. The Morgan fingerprint density at radius 1 is 1.09 bits per heavy atom. The van der Waals surface area contributed by atoms with Crippen LogP contribution in [0.15, 0.2) is 60.7 Å². The number of carboxylic acid groups (broad SMARTS) is 1. The van der Waals surface area contributed by atoms with Gasteiger partial charge in [-0.05, 0) is 0 Å². The van der Waals surface area contributed by atoms with E-state index in [1.807, 2.05) is 60.7 Å². The topological polar surface area (TPSA) is 37.3 Å². The summed E-state index contributed by atoms with van der Waals surface area (Å²) in [6.45, 7) is 0.405. The molecule has 2 aromatic carbocycles. The molecule has 3 nitrogen and oxygen atoms in total. The SMILES string of the molecule is O=C(O)[N+](Cc1ccccc1)(Cc1ccccc1)C1CC1(F)Cl. The molecule has 0 aromatic heterocycles. The van der Waals surface area contributed by atoms with E-state index < -0.39 is 21.7 Å². The molecular formula is C18H18ClFNO2+. The smallest absolute Gasteiger partial charge is 0.435 e. The van der Waals surface area contributed by atoms with E-state index in [1.54, 1.807) is 0 Å². The van der Waals surface area contributed by atoms with Crippen LogP contribution in [0.4, 0.5) is 9.18 Å². The van der Waals surface area contributed by atoms with Crippen molar-refractivity contribution in [3.8, 4) is 0 Å². The molecule has 1 aliphatic rings. The highest BCUT2D eigenvalue weighted by atomic mass is 35.5. The Balaban J connectivity index is 1.98. The fourth-order valence-corrected chi connectivity index (χ4v) is 3.43. The van der Waals surface area contributed by atoms with Crippen molar-refractivity contribution in [2.24, 2.45) is 0 Å². The van der Waals surface area contributed by atoms with E-state index in [9.17, 15) is 14.3 Å². The van der Waals surface area contributed by atoms with E-state index in [0.717, 1.165) is 11.1 Å². The van der Waals surface area contributed by atoms with Crippen molar-refractivity contribution >= 4 is 17.7 Å². The van der Waals surface area contributed by atoms with E-state index >= 15 is 0 Å². The molecule has 23 heavy (non-hydrogen) atoms. The van der Waals surface area contributed by atoms with Gasteiger partial charge in [-0.3, -0.25) is 0 Å². The molecule has 5 heteroatoms. The highest BCUT2D eigenvalue weighted by Crippen LogP contribution is 2.52. The number of rotatable bonds is 5. The fourth-order valence-electron chi connectivity index (χ4n) is 3.10. The summed E-state index contributed by atoms with van der Waals surface area (Å²) in [5, 5.41) is 7.99. The lowest BCUT2D eigenvalue weighted by atomic mass is 10.1. The van der Waals surface area contributed by atoms with E-state index in [4.69, 9.17) is 11.6 Å². The van der Waals surface area contributed by atoms with Gasteiger partial charge in [-0.2, -0.15) is 4.79 Å². The second-order valence-corrected chi connectivity index (χ2v) is 6.71. The molecule has 2 aromatic rings. The van der Waals surface area contributed by atoms with Gasteiger partial charge in [-0.25, -0.2) is 8.87 Å². The number of halogens is 2. The number of nitrogens with zero attached hydrogens (tertiary/aromatic N) is 1. The summed E-state index contributed by atoms with van der Waals surface area (Å²) in [4.78, 5) is 12.1. The molecule has 3 rings (SSSR count). The summed E-state index contributed by atoms with van der Waals surface area (Å²) in [6, 6.07) is 17.8. The summed E-state index contributed by atoms with van der Waals surface area (Å²) in [6.07, 6.45) is -0.997. The third-order valence-corrected chi connectivity index (χ3v) is 4.79. The maximum absolute atomic E-state index is 14.2. The number of benzene rings is 2. The lowest BCUT2D eigenvalue weighted by molar-refractivity contribution is -0.896. The van der Waals surface area contributed by atoms with Crippen LogP contribution in [-0.4, -0.2) is 26.9 Å². The summed E-state index contributed by atoms with van der Waals surface area (Å²) in [5.41, 5.74) is 1.70. The zero-order valence-corrected chi connectivity index (χ0v) is 13.3. The first-order chi connectivity index (χ1) is 10.9. The maximum atomic E-state index is 14.2. The van der Waals surface area contributed by atoms with Crippen molar-refractivity contribution in [2.45, 2.75) is 30.7 Å². The normalized spacial score (nSPS) is 23.5. The summed E-state index contributed by atoms with van der Waals surface area (Å²) < 4.78 is 13.8. The number of hydrogen-bond donors (Lipinski definition) is 1. The van der Waals surface area contributed by atoms with Crippen LogP contribution in [0.3, 0.4) is 0 Å². The molecule has 0 saturated heterocycles. The highest BCUT2D eigenvalue weighted by molar-refractivity contribution is 6.25. The van der Waals surface area contributed by atoms with Gasteiger partial charge in [0.1, 0.15) is 13.1 Å². The van der Waals surface area contributed by atoms with Gasteiger partial charge in [0.25, 0.3) is 0 Å². The van der Waals surface area contributed by atoms with E-state index in [1.165, 1.54) is 0 Å². The molecule has 1 N–H and O–H groups in total. The second-order valence-electron chi connectivity index (χ2n) is 6.09. The Bertz CT molecular complexity index is 649. The molecule has 1 saturated carbocycles. The first kappa shape index (κ1) is 16.0. The Kier molecular flexibility index (Phi) is 4.13. The first-order valence-electron chi connectivity index (χ1n) is 7.50. The van der Waals surface area contributed by atoms with Crippen LogP contribution in [0.1, 0.15) is 17.5 Å². The molecular weight excluding hydrogens is 317 g/mol. The molecule has 0 spiro atoms. The van der Waals surface area contributed by atoms with Crippen molar-refractivity contribution in [3.63, 3.8) is 0 Å². The van der Waals surface area contributed by atoms with Crippen LogP contribution < -0.4 is 0 Å². The van der Waals surface area contributed by atoms with Gasteiger partial charge >= 0.3 is 6.09 Å². The van der Waals surface area contributed by atoms with Gasteiger partial charge in [0.15, 0.2) is 6.04 Å². The largest absolute Gasteiger partial charge is 0.514 e. The summed E-state index contributed by atoms with van der Waals surface area (Å²) >= 11 is 5.82. The minimum Gasteiger partial charge on any atom is -0.435 e.